The molecule has 2 aromatic heterocycles. The van der Waals surface area contributed by atoms with Gasteiger partial charge in [-0.25, -0.2) is 4.98 Å². The maximum Gasteiger partial charge on any atom is 0.286 e. The molecular weight excluding hydrogens is 160 g/mol. The molecule has 0 amide bonds. The molecule has 2 aromatic rings. The maximum absolute atomic E-state index is 11.2. The molecule has 0 unspecified atom stereocenters. The predicted octanol–water partition coefficient (Wildman–Crippen LogP) is -1.50. The molecule has 60 valence electrons. The summed E-state index contributed by atoms with van der Waals surface area (Å²) < 4.78 is 1.02. The molecular formula is C6H4N4O2. The van der Waals surface area contributed by atoms with E-state index in [1.165, 1.54) is 12.5 Å². The van der Waals surface area contributed by atoms with E-state index in [4.69, 9.17) is 5.11 Å². The minimum atomic E-state index is -0.431. The van der Waals surface area contributed by atoms with Gasteiger partial charge in [0.2, 0.25) is 0 Å². The summed E-state index contributed by atoms with van der Waals surface area (Å²) in [4.78, 5) is 18.7. The van der Waals surface area contributed by atoms with E-state index in [-0.39, 0.29) is 11.0 Å². The Balaban J connectivity index is 3.08. The first-order chi connectivity index (χ1) is 5.83. The van der Waals surface area contributed by atoms with Crippen LogP contribution in [0.15, 0.2) is 17.3 Å². The van der Waals surface area contributed by atoms with Crippen LogP contribution < -0.4 is 10.8 Å². The fourth-order valence-corrected chi connectivity index (χ4v) is 0.860. The van der Waals surface area contributed by atoms with Crippen molar-refractivity contribution in [2.24, 2.45) is 0 Å². The van der Waals surface area contributed by atoms with E-state index in [0.717, 1.165) is 4.52 Å². The second-order valence-electron chi connectivity index (χ2n) is 2.12. The number of rotatable bonds is 0. The molecule has 0 saturated carbocycles. The van der Waals surface area contributed by atoms with Crippen LogP contribution in [0.4, 0.5) is 0 Å². The molecule has 0 aromatic carbocycles. The molecule has 2 heterocycles. The van der Waals surface area contributed by atoms with Crippen LogP contribution in [0.25, 0.3) is 12.0 Å². The average Bonchev–Trinajstić information content (AvgIpc) is 2.53. The second kappa shape index (κ2) is 2.26. The predicted molar refractivity (Wildman–Crippen MR) is 39.4 cm³/mol. The molecule has 0 bridgehead atoms. The standard InChI is InChI=1S/C6H4N4O2/c11-2-4-1-7-6-8-3-9-10(6)5(4)12/h1-3,11H. The number of hydrogen-bond acceptors (Lipinski definition) is 5. The molecule has 0 aliphatic heterocycles. The zero-order valence-corrected chi connectivity index (χ0v) is 5.88. The lowest BCUT2D eigenvalue weighted by molar-refractivity contribution is 0.539. The quantitative estimate of drug-likeness (QED) is 0.512. The molecule has 1 N–H and O–H groups in total. The van der Waals surface area contributed by atoms with Crippen LogP contribution in [0.3, 0.4) is 0 Å². The first-order valence-electron chi connectivity index (χ1n) is 3.16. The van der Waals surface area contributed by atoms with Gasteiger partial charge < -0.3 is 5.11 Å². The fourth-order valence-electron chi connectivity index (χ4n) is 0.860. The number of fused-ring (bicyclic) bond motifs is 1. The van der Waals surface area contributed by atoms with Gasteiger partial charge in [-0.05, 0) is 0 Å². The Morgan fingerprint density at radius 2 is 2.33 bits per heavy atom. The zero-order valence-electron chi connectivity index (χ0n) is 5.88. The topological polar surface area (TPSA) is 80.4 Å². The largest absolute Gasteiger partial charge is 0.515 e. The van der Waals surface area contributed by atoms with Gasteiger partial charge >= 0.3 is 0 Å². The van der Waals surface area contributed by atoms with Gasteiger partial charge in [-0.2, -0.15) is 14.6 Å². The number of aliphatic hydroxyl groups is 1. The molecule has 0 radical (unpaired) electrons. The summed E-state index contributed by atoms with van der Waals surface area (Å²) >= 11 is 0. The molecule has 0 aliphatic rings. The van der Waals surface area contributed by atoms with Crippen LogP contribution in [-0.4, -0.2) is 24.7 Å². The van der Waals surface area contributed by atoms with Crippen molar-refractivity contribution in [3.05, 3.63) is 28.1 Å². The van der Waals surface area contributed by atoms with Crippen molar-refractivity contribution in [1.82, 2.24) is 19.6 Å². The highest BCUT2D eigenvalue weighted by atomic mass is 16.2. The maximum atomic E-state index is 11.2. The third kappa shape index (κ3) is 0.746. The molecule has 0 fully saturated rings. The number of aromatic nitrogens is 4. The van der Waals surface area contributed by atoms with E-state index in [2.05, 4.69) is 15.1 Å². The number of aliphatic hydroxyl groups excluding tert-OH is 1. The summed E-state index contributed by atoms with van der Waals surface area (Å²) in [6.07, 6.45) is 3.16. The van der Waals surface area contributed by atoms with Crippen LogP contribution in [0.2, 0.25) is 0 Å². The third-order valence-electron chi connectivity index (χ3n) is 1.43. The monoisotopic (exact) mass is 164 g/mol. The first-order valence-corrected chi connectivity index (χ1v) is 3.16. The minimum Gasteiger partial charge on any atom is -0.515 e. The summed E-state index contributed by atoms with van der Waals surface area (Å²) in [5, 5.41) is 12.3. The van der Waals surface area contributed by atoms with Gasteiger partial charge in [0.1, 0.15) is 6.33 Å². The van der Waals surface area contributed by atoms with Gasteiger partial charge in [0, 0.05) is 6.20 Å². The normalized spacial score (nSPS) is 12.5. The van der Waals surface area contributed by atoms with Crippen LogP contribution in [-0.2, 0) is 0 Å². The van der Waals surface area contributed by atoms with Gasteiger partial charge in [-0.3, -0.25) is 4.79 Å². The average molecular weight is 164 g/mol. The smallest absolute Gasteiger partial charge is 0.286 e. The molecule has 2 rings (SSSR count). The Hall–Kier alpha value is -1.98. The van der Waals surface area contributed by atoms with Gasteiger partial charge in [-0.15, -0.1) is 0 Å². The molecule has 0 atom stereocenters. The Kier molecular flexibility index (Phi) is 1.26. The van der Waals surface area contributed by atoms with Crippen LogP contribution in [0.1, 0.15) is 0 Å². The Morgan fingerprint density at radius 3 is 3.08 bits per heavy atom. The minimum absolute atomic E-state index is 0.0907. The Morgan fingerprint density at radius 1 is 1.50 bits per heavy atom. The molecule has 0 aliphatic carbocycles. The SMILES string of the molecule is O=c1c(=CO)cnc2ncnn12. The van der Waals surface area contributed by atoms with Crippen molar-refractivity contribution in [1.29, 1.82) is 0 Å². The molecule has 0 saturated heterocycles. The first kappa shape index (κ1) is 6.71. The summed E-state index contributed by atoms with van der Waals surface area (Å²) in [7, 11) is 0. The highest BCUT2D eigenvalue weighted by Crippen LogP contribution is 1.80. The molecule has 6 nitrogen and oxygen atoms in total. The van der Waals surface area contributed by atoms with Gasteiger partial charge in [0.15, 0.2) is 0 Å². The van der Waals surface area contributed by atoms with E-state index in [9.17, 15) is 4.79 Å². The van der Waals surface area contributed by atoms with E-state index in [1.807, 2.05) is 0 Å². The van der Waals surface area contributed by atoms with Gasteiger partial charge in [0.05, 0.1) is 11.5 Å². The van der Waals surface area contributed by atoms with Crippen molar-refractivity contribution in [3.63, 3.8) is 0 Å². The van der Waals surface area contributed by atoms with Crippen LogP contribution in [0.5, 0.6) is 0 Å². The number of nitrogens with zero attached hydrogens (tertiary/aromatic N) is 4. The summed E-state index contributed by atoms with van der Waals surface area (Å²) in [6.45, 7) is 0. The lowest BCUT2D eigenvalue weighted by Crippen LogP contribution is -2.31. The lowest BCUT2D eigenvalue weighted by Gasteiger charge is -1.86. The second-order valence-corrected chi connectivity index (χ2v) is 2.12. The summed E-state index contributed by atoms with van der Waals surface area (Å²) in [5.74, 6) is 0.227. The molecule has 0 spiro atoms. The Labute approximate surface area is 65.8 Å². The Bertz CT molecular complexity index is 518. The van der Waals surface area contributed by atoms with Gasteiger partial charge in [0.25, 0.3) is 11.3 Å². The van der Waals surface area contributed by atoms with E-state index in [0.29, 0.717) is 6.26 Å². The lowest BCUT2D eigenvalue weighted by atomic mass is 10.5. The van der Waals surface area contributed by atoms with Crippen molar-refractivity contribution in [2.75, 3.05) is 0 Å². The third-order valence-corrected chi connectivity index (χ3v) is 1.43. The summed E-state index contributed by atoms with van der Waals surface area (Å²) in [5.41, 5.74) is -0.431. The zero-order chi connectivity index (χ0) is 8.55. The number of hydrogen-bond donors (Lipinski definition) is 1. The summed E-state index contributed by atoms with van der Waals surface area (Å²) in [6, 6.07) is 0. The molecule has 6 heteroatoms. The van der Waals surface area contributed by atoms with Crippen LogP contribution >= 0.6 is 0 Å². The molecule has 12 heavy (non-hydrogen) atoms. The van der Waals surface area contributed by atoms with E-state index >= 15 is 0 Å². The van der Waals surface area contributed by atoms with Crippen LogP contribution in [0, 0.1) is 0 Å². The highest BCUT2D eigenvalue weighted by Gasteiger charge is 2.00. The van der Waals surface area contributed by atoms with E-state index < -0.39 is 5.56 Å². The van der Waals surface area contributed by atoms with Crippen molar-refractivity contribution in [2.45, 2.75) is 0 Å². The highest BCUT2D eigenvalue weighted by molar-refractivity contribution is 5.24. The van der Waals surface area contributed by atoms with Crippen molar-refractivity contribution >= 4 is 12.0 Å². The van der Waals surface area contributed by atoms with Crippen molar-refractivity contribution < 1.29 is 5.11 Å². The van der Waals surface area contributed by atoms with E-state index in [1.54, 1.807) is 0 Å². The van der Waals surface area contributed by atoms with Crippen molar-refractivity contribution in [3.8, 4) is 0 Å². The van der Waals surface area contributed by atoms with Gasteiger partial charge in [-0.1, -0.05) is 0 Å². The fraction of sp³-hybridized carbons (Fsp3) is 0.